The normalized spacial score (nSPS) is 19.0. The van der Waals surface area contributed by atoms with Crippen molar-refractivity contribution in [1.29, 1.82) is 0 Å². The number of aliphatic hydroxyl groups is 1. The molecule has 20 heavy (non-hydrogen) atoms. The number of aryl methyl sites for hydroxylation is 1. The SMILES string of the molecule is Cc1cc(Cl)ccc1OC1CCN(C[C@H](O)CN)CC1. The van der Waals surface area contributed by atoms with Crippen LogP contribution in [0.25, 0.3) is 0 Å². The number of halogens is 1. The fraction of sp³-hybridized carbons (Fsp3) is 0.600. The van der Waals surface area contributed by atoms with Gasteiger partial charge in [0.25, 0.3) is 0 Å². The smallest absolute Gasteiger partial charge is 0.122 e. The Labute approximate surface area is 125 Å². The van der Waals surface area contributed by atoms with Gasteiger partial charge >= 0.3 is 0 Å². The van der Waals surface area contributed by atoms with Crippen molar-refractivity contribution >= 4 is 11.6 Å². The van der Waals surface area contributed by atoms with Crippen LogP contribution in [0, 0.1) is 6.92 Å². The van der Waals surface area contributed by atoms with Gasteiger partial charge in [0.05, 0.1) is 6.10 Å². The lowest BCUT2D eigenvalue weighted by Gasteiger charge is -2.33. The van der Waals surface area contributed by atoms with Gasteiger partial charge in [-0.2, -0.15) is 0 Å². The fourth-order valence-corrected chi connectivity index (χ4v) is 2.73. The number of rotatable bonds is 5. The fourth-order valence-electron chi connectivity index (χ4n) is 2.51. The van der Waals surface area contributed by atoms with Crippen LogP contribution in [0.4, 0.5) is 0 Å². The number of aliphatic hydroxyl groups excluding tert-OH is 1. The molecule has 0 amide bonds. The molecule has 0 aromatic heterocycles. The molecule has 0 aliphatic carbocycles. The molecule has 4 nitrogen and oxygen atoms in total. The molecule has 3 N–H and O–H groups in total. The zero-order valence-electron chi connectivity index (χ0n) is 11.9. The van der Waals surface area contributed by atoms with Crippen molar-refractivity contribution in [3.8, 4) is 5.75 Å². The first kappa shape index (κ1) is 15.6. The van der Waals surface area contributed by atoms with E-state index >= 15 is 0 Å². The zero-order valence-corrected chi connectivity index (χ0v) is 12.6. The van der Waals surface area contributed by atoms with Crippen molar-refractivity contribution in [3.05, 3.63) is 28.8 Å². The number of benzene rings is 1. The number of piperidine rings is 1. The summed E-state index contributed by atoms with van der Waals surface area (Å²) >= 11 is 5.94. The lowest BCUT2D eigenvalue weighted by atomic mass is 10.1. The monoisotopic (exact) mass is 298 g/mol. The maximum Gasteiger partial charge on any atom is 0.122 e. The van der Waals surface area contributed by atoms with E-state index in [0.29, 0.717) is 13.1 Å². The van der Waals surface area contributed by atoms with Crippen molar-refractivity contribution in [3.63, 3.8) is 0 Å². The number of hydrogen-bond donors (Lipinski definition) is 2. The van der Waals surface area contributed by atoms with Crippen molar-refractivity contribution in [2.24, 2.45) is 5.73 Å². The van der Waals surface area contributed by atoms with E-state index in [1.807, 2.05) is 25.1 Å². The third-order valence-electron chi connectivity index (χ3n) is 3.71. The second-order valence-electron chi connectivity index (χ2n) is 5.42. The molecule has 1 atom stereocenters. The summed E-state index contributed by atoms with van der Waals surface area (Å²) in [5.74, 6) is 0.912. The van der Waals surface area contributed by atoms with Crippen molar-refractivity contribution in [1.82, 2.24) is 4.90 Å². The summed E-state index contributed by atoms with van der Waals surface area (Å²) in [5, 5.41) is 10.3. The third kappa shape index (κ3) is 4.35. The standard InChI is InChI=1S/C15H23ClN2O2/c1-11-8-12(16)2-3-15(11)20-14-4-6-18(7-5-14)10-13(19)9-17/h2-3,8,13-14,19H,4-7,9-10,17H2,1H3/t13-/m1/s1. The number of likely N-dealkylation sites (tertiary alicyclic amines) is 1. The molecule has 0 saturated carbocycles. The van der Waals surface area contributed by atoms with Crippen LogP contribution in [0.1, 0.15) is 18.4 Å². The van der Waals surface area contributed by atoms with E-state index < -0.39 is 6.10 Å². The average Bonchev–Trinajstić information content (AvgIpc) is 2.44. The van der Waals surface area contributed by atoms with E-state index in [4.69, 9.17) is 22.1 Å². The Hall–Kier alpha value is -0.810. The molecule has 0 unspecified atom stereocenters. The highest BCUT2D eigenvalue weighted by Crippen LogP contribution is 2.25. The minimum Gasteiger partial charge on any atom is -0.490 e. The maximum atomic E-state index is 9.56. The first-order chi connectivity index (χ1) is 9.58. The molecular formula is C15H23ClN2O2. The summed E-state index contributed by atoms with van der Waals surface area (Å²) in [4.78, 5) is 2.24. The van der Waals surface area contributed by atoms with E-state index in [1.54, 1.807) is 0 Å². The third-order valence-corrected chi connectivity index (χ3v) is 3.94. The predicted molar refractivity (Wildman–Crippen MR) is 81.3 cm³/mol. The summed E-state index contributed by atoms with van der Waals surface area (Å²) < 4.78 is 6.05. The van der Waals surface area contributed by atoms with Gasteiger partial charge in [-0.25, -0.2) is 0 Å². The predicted octanol–water partition coefficient (Wildman–Crippen LogP) is 1.81. The number of nitrogens with zero attached hydrogens (tertiary/aromatic N) is 1. The van der Waals surface area contributed by atoms with E-state index in [2.05, 4.69) is 4.90 Å². The molecule has 1 aliphatic rings. The van der Waals surface area contributed by atoms with Gasteiger partial charge in [0.2, 0.25) is 0 Å². The minimum absolute atomic E-state index is 0.237. The van der Waals surface area contributed by atoms with Gasteiger partial charge in [-0.05, 0) is 43.5 Å². The molecule has 0 bridgehead atoms. The van der Waals surface area contributed by atoms with Gasteiger partial charge in [0.1, 0.15) is 11.9 Å². The summed E-state index contributed by atoms with van der Waals surface area (Å²) in [6.07, 6.45) is 1.76. The molecule has 2 rings (SSSR count). The van der Waals surface area contributed by atoms with Gasteiger partial charge in [0.15, 0.2) is 0 Å². The lowest BCUT2D eigenvalue weighted by Crippen LogP contribution is -2.43. The van der Waals surface area contributed by atoms with Crippen LogP contribution in [-0.4, -0.2) is 48.4 Å². The highest BCUT2D eigenvalue weighted by Gasteiger charge is 2.22. The second kappa shape index (κ2) is 7.27. The molecular weight excluding hydrogens is 276 g/mol. The largest absolute Gasteiger partial charge is 0.490 e. The Morgan fingerprint density at radius 1 is 1.45 bits per heavy atom. The van der Waals surface area contributed by atoms with Crippen molar-refractivity contribution < 1.29 is 9.84 Å². The molecule has 0 spiro atoms. The number of nitrogens with two attached hydrogens (primary N) is 1. The number of ether oxygens (including phenoxy) is 1. The molecule has 0 radical (unpaired) electrons. The summed E-state index contributed by atoms with van der Waals surface area (Å²) in [6.45, 7) is 4.86. The molecule has 1 saturated heterocycles. The van der Waals surface area contributed by atoms with Gasteiger partial charge < -0.3 is 20.5 Å². The van der Waals surface area contributed by atoms with Gasteiger partial charge in [-0.3, -0.25) is 0 Å². The summed E-state index contributed by atoms with van der Waals surface area (Å²) in [6, 6.07) is 5.71. The average molecular weight is 299 g/mol. The van der Waals surface area contributed by atoms with Gasteiger partial charge in [-0.1, -0.05) is 11.6 Å². The Morgan fingerprint density at radius 3 is 2.75 bits per heavy atom. The molecule has 1 aromatic rings. The quantitative estimate of drug-likeness (QED) is 0.870. The van der Waals surface area contributed by atoms with E-state index in [9.17, 15) is 5.11 Å². The summed E-state index contributed by atoms with van der Waals surface area (Å²) in [7, 11) is 0. The van der Waals surface area contributed by atoms with Crippen LogP contribution < -0.4 is 10.5 Å². The van der Waals surface area contributed by atoms with Crippen LogP contribution in [0.3, 0.4) is 0 Å². The Morgan fingerprint density at radius 2 is 2.15 bits per heavy atom. The van der Waals surface area contributed by atoms with Crippen LogP contribution in [0.2, 0.25) is 5.02 Å². The number of β-amino-alcohol motifs (C(OH)–C–C–N with tert-alkyl or cyclic N) is 1. The lowest BCUT2D eigenvalue weighted by molar-refractivity contribution is 0.0639. The van der Waals surface area contributed by atoms with Gasteiger partial charge in [0, 0.05) is 31.2 Å². The first-order valence-corrected chi connectivity index (χ1v) is 7.49. The molecule has 1 fully saturated rings. The van der Waals surface area contributed by atoms with E-state index in [0.717, 1.165) is 42.3 Å². The Bertz CT molecular complexity index is 434. The minimum atomic E-state index is -0.425. The molecule has 1 aliphatic heterocycles. The summed E-state index contributed by atoms with van der Waals surface area (Å²) in [5.41, 5.74) is 6.50. The number of hydrogen-bond acceptors (Lipinski definition) is 4. The van der Waals surface area contributed by atoms with Crippen LogP contribution in [-0.2, 0) is 0 Å². The van der Waals surface area contributed by atoms with E-state index in [1.165, 1.54) is 0 Å². The van der Waals surface area contributed by atoms with Crippen LogP contribution >= 0.6 is 11.6 Å². The highest BCUT2D eigenvalue weighted by molar-refractivity contribution is 6.30. The first-order valence-electron chi connectivity index (χ1n) is 7.11. The van der Waals surface area contributed by atoms with Crippen LogP contribution in [0.15, 0.2) is 18.2 Å². The zero-order chi connectivity index (χ0) is 14.5. The van der Waals surface area contributed by atoms with Crippen molar-refractivity contribution in [2.45, 2.75) is 32.0 Å². The Balaban J connectivity index is 1.82. The second-order valence-corrected chi connectivity index (χ2v) is 5.85. The molecule has 1 aromatic carbocycles. The van der Waals surface area contributed by atoms with E-state index in [-0.39, 0.29) is 6.10 Å². The molecule has 5 heteroatoms. The molecule has 1 heterocycles. The maximum absolute atomic E-state index is 9.56. The highest BCUT2D eigenvalue weighted by atomic mass is 35.5. The Kier molecular flexibility index (Phi) is 5.66. The van der Waals surface area contributed by atoms with Crippen LogP contribution in [0.5, 0.6) is 5.75 Å². The van der Waals surface area contributed by atoms with Crippen molar-refractivity contribution in [2.75, 3.05) is 26.2 Å². The van der Waals surface area contributed by atoms with Gasteiger partial charge in [-0.15, -0.1) is 0 Å². The molecule has 112 valence electrons. The topological polar surface area (TPSA) is 58.7 Å².